The van der Waals surface area contributed by atoms with Crippen LogP contribution in [0.15, 0.2) is 35.3 Å². The molecule has 1 heterocycles. The summed E-state index contributed by atoms with van der Waals surface area (Å²) in [6.07, 6.45) is 2.24. The molecule has 1 amide bonds. The summed E-state index contributed by atoms with van der Waals surface area (Å²) >= 11 is 0. The van der Waals surface area contributed by atoms with Gasteiger partial charge < -0.3 is 15.5 Å². The van der Waals surface area contributed by atoms with Gasteiger partial charge in [-0.2, -0.15) is 0 Å². The summed E-state index contributed by atoms with van der Waals surface area (Å²) in [5, 5.41) is 6.28. The molecular weight excluding hydrogens is 264 g/mol. The minimum absolute atomic E-state index is 0.151. The first kappa shape index (κ1) is 15.4. The van der Waals surface area contributed by atoms with E-state index in [1.165, 1.54) is 0 Å². The first-order valence-electron chi connectivity index (χ1n) is 7.63. The number of guanidine groups is 1. The van der Waals surface area contributed by atoms with Crippen molar-refractivity contribution in [3.05, 3.63) is 35.9 Å². The Bertz CT molecular complexity index is 466. The molecule has 1 aromatic carbocycles. The molecule has 0 radical (unpaired) electrons. The molecule has 1 aliphatic heterocycles. The van der Waals surface area contributed by atoms with E-state index in [4.69, 9.17) is 0 Å². The third-order valence-corrected chi connectivity index (χ3v) is 3.47. The van der Waals surface area contributed by atoms with Crippen molar-refractivity contribution < 1.29 is 4.79 Å². The van der Waals surface area contributed by atoms with Gasteiger partial charge in [-0.05, 0) is 25.3 Å². The topological polar surface area (TPSA) is 56.7 Å². The molecule has 0 saturated carbocycles. The fourth-order valence-corrected chi connectivity index (χ4v) is 2.33. The monoisotopic (exact) mass is 288 g/mol. The zero-order valence-electron chi connectivity index (χ0n) is 12.6. The molecule has 0 unspecified atom stereocenters. The molecule has 5 nitrogen and oxygen atoms in total. The number of nitrogens with zero attached hydrogens (tertiary/aromatic N) is 2. The van der Waals surface area contributed by atoms with Gasteiger partial charge in [-0.1, -0.05) is 30.3 Å². The normalized spacial score (nSPS) is 15.1. The second-order valence-corrected chi connectivity index (χ2v) is 5.12. The smallest absolute Gasteiger partial charge is 0.241 e. The predicted molar refractivity (Wildman–Crippen MR) is 85.1 cm³/mol. The summed E-state index contributed by atoms with van der Waals surface area (Å²) in [7, 11) is 0. The molecule has 0 spiro atoms. The van der Waals surface area contributed by atoms with Crippen molar-refractivity contribution in [2.45, 2.75) is 26.3 Å². The van der Waals surface area contributed by atoms with Gasteiger partial charge in [0.05, 0.1) is 13.1 Å². The lowest BCUT2D eigenvalue weighted by atomic mass is 10.2. The van der Waals surface area contributed by atoms with E-state index in [0.717, 1.165) is 38.0 Å². The number of nitrogens with one attached hydrogen (secondary N) is 2. The maximum atomic E-state index is 12.0. The van der Waals surface area contributed by atoms with Crippen LogP contribution in [0, 0.1) is 0 Å². The van der Waals surface area contributed by atoms with Gasteiger partial charge in [0.2, 0.25) is 5.91 Å². The van der Waals surface area contributed by atoms with E-state index in [0.29, 0.717) is 19.0 Å². The summed E-state index contributed by atoms with van der Waals surface area (Å²) < 4.78 is 0. The number of hydrogen-bond acceptors (Lipinski definition) is 2. The van der Waals surface area contributed by atoms with Gasteiger partial charge >= 0.3 is 0 Å². The first-order chi connectivity index (χ1) is 10.3. The molecular formula is C16H24N4O. The van der Waals surface area contributed by atoms with E-state index < -0.39 is 0 Å². The molecule has 2 rings (SSSR count). The van der Waals surface area contributed by atoms with Crippen LogP contribution in [0.1, 0.15) is 25.3 Å². The second-order valence-electron chi connectivity index (χ2n) is 5.12. The number of carbonyl (C=O) groups excluding carboxylic acids is 1. The van der Waals surface area contributed by atoms with Crippen molar-refractivity contribution in [2.24, 2.45) is 4.99 Å². The maximum absolute atomic E-state index is 12.0. The summed E-state index contributed by atoms with van der Waals surface area (Å²) in [4.78, 5) is 18.4. The maximum Gasteiger partial charge on any atom is 0.241 e. The van der Waals surface area contributed by atoms with Crippen LogP contribution in [-0.4, -0.2) is 42.9 Å². The fourth-order valence-electron chi connectivity index (χ4n) is 2.33. The number of amides is 1. The molecule has 5 heteroatoms. The summed E-state index contributed by atoms with van der Waals surface area (Å²) in [5.74, 6) is 0.840. The van der Waals surface area contributed by atoms with E-state index in [-0.39, 0.29) is 5.91 Å². The van der Waals surface area contributed by atoms with Gasteiger partial charge in [0.15, 0.2) is 5.96 Å². The molecule has 21 heavy (non-hydrogen) atoms. The summed E-state index contributed by atoms with van der Waals surface area (Å²) in [5.41, 5.74) is 1.15. The lowest BCUT2D eigenvalue weighted by molar-refractivity contribution is -0.128. The van der Waals surface area contributed by atoms with E-state index in [9.17, 15) is 4.79 Å². The third kappa shape index (κ3) is 5.10. The van der Waals surface area contributed by atoms with Gasteiger partial charge in [-0.15, -0.1) is 0 Å². The highest BCUT2D eigenvalue weighted by Crippen LogP contribution is 2.06. The molecule has 1 fully saturated rings. The molecule has 114 valence electrons. The standard InChI is InChI=1S/C16H24N4O/c1-2-17-16(18-12-14-8-4-3-5-9-14)19-13-15(21)20-10-6-7-11-20/h3-5,8-9H,2,6-7,10-13H2,1H3,(H2,17,18,19). The number of hydrogen-bond donors (Lipinski definition) is 2. The third-order valence-electron chi connectivity index (χ3n) is 3.47. The SMILES string of the molecule is CCNC(=NCc1ccccc1)NCC(=O)N1CCCC1. The minimum Gasteiger partial charge on any atom is -0.357 e. The van der Waals surface area contributed by atoms with Gasteiger partial charge in [0.25, 0.3) is 0 Å². The van der Waals surface area contributed by atoms with Crippen LogP contribution in [0.5, 0.6) is 0 Å². The molecule has 2 N–H and O–H groups in total. The van der Waals surface area contributed by atoms with Crippen molar-refractivity contribution in [3.8, 4) is 0 Å². The average molecular weight is 288 g/mol. The lowest BCUT2D eigenvalue weighted by Gasteiger charge is -2.17. The lowest BCUT2D eigenvalue weighted by Crippen LogP contribution is -2.44. The van der Waals surface area contributed by atoms with Gasteiger partial charge in [-0.3, -0.25) is 4.79 Å². The zero-order valence-corrected chi connectivity index (χ0v) is 12.6. The van der Waals surface area contributed by atoms with E-state index in [1.54, 1.807) is 0 Å². The largest absolute Gasteiger partial charge is 0.357 e. The van der Waals surface area contributed by atoms with Crippen LogP contribution in [-0.2, 0) is 11.3 Å². The fraction of sp³-hybridized carbons (Fsp3) is 0.500. The van der Waals surface area contributed by atoms with Gasteiger partial charge in [0.1, 0.15) is 0 Å². The molecule has 0 bridgehead atoms. The van der Waals surface area contributed by atoms with E-state index >= 15 is 0 Å². The molecule has 1 saturated heterocycles. The predicted octanol–water partition coefficient (Wildman–Crippen LogP) is 1.36. The first-order valence-corrected chi connectivity index (χ1v) is 7.63. The Morgan fingerprint density at radius 2 is 1.90 bits per heavy atom. The highest BCUT2D eigenvalue weighted by molar-refractivity contribution is 5.86. The van der Waals surface area contributed by atoms with Gasteiger partial charge in [0, 0.05) is 19.6 Å². The zero-order chi connectivity index (χ0) is 14.9. The molecule has 0 aliphatic carbocycles. The summed E-state index contributed by atoms with van der Waals surface area (Å²) in [6, 6.07) is 10.1. The number of aliphatic imine (C=N–C) groups is 1. The Kier molecular flexibility index (Phi) is 6.06. The Labute approximate surface area is 126 Å². The van der Waals surface area contributed by atoms with E-state index in [2.05, 4.69) is 15.6 Å². The highest BCUT2D eigenvalue weighted by atomic mass is 16.2. The highest BCUT2D eigenvalue weighted by Gasteiger charge is 2.17. The molecule has 0 atom stereocenters. The van der Waals surface area contributed by atoms with Crippen LogP contribution in [0.2, 0.25) is 0 Å². The van der Waals surface area contributed by atoms with Crippen LogP contribution >= 0.6 is 0 Å². The van der Waals surface area contributed by atoms with E-state index in [1.807, 2.05) is 42.2 Å². The quantitative estimate of drug-likeness (QED) is 0.635. The second kappa shape index (κ2) is 8.29. The van der Waals surface area contributed by atoms with Crippen LogP contribution in [0.3, 0.4) is 0 Å². The Morgan fingerprint density at radius 3 is 2.57 bits per heavy atom. The number of carbonyl (C=O) groups is 1. The summed E-state index contributed by atoms with van der Waals surface area (Å²) in [6.45, 7) is 5.48. The van der Waals surface area contributed by atoms with Crippen LogP contribution in [0.4, 0.5) is 0 Å². The Balaban J connectivity index is 1.84. The number of benzene rings is 1. The van der Waals surface area contributed by atoms with Crippen molar-refractivity contribution in [2.75, 3.05) is 26.2 Å². The molecule has 1 aliphatic rings. The molecule has 0 aromatic heterocycles. The van der Waals surface area contributed by atoms with Crippen molar-refractivity contribution in [1.82, 2.24) is 15.5 Å². The Morgan fingerprint density at radius 1 is 1.19 bits per heavy atom. The molecule has 1 aromatic rings. The van der Waals surface area contributed by atoms with Gasteiger partial charge in [-0.25, -0.2) is 4.99 Å². The van der Waals surface area contributed by atoms with Crippen molar-refractivity contribution in [1.29, 1.82) is 0 Å². The average Bonchev–Trinajstić information content (AvgIpc) is 3.05. The van der Waals surface area contributed by atoms with Crippen molar-refractivity contribution in [3.63, 3.8) is 0 Å². The van der Waals surface area contributed by atoms with Crippen molar-refractivity contribution >= 4 is 11.9 Å². The minimum atomic E-state index is 0.151. The number of likely N-dealkylation sites (tertiary alicyclic amines) is 1. The number of rotatable bonds is 5. The van der Waals surface area contributed by atoms with Crippen LogP contribution < -0.4 is 10.6 Å². The Hall–Kier alpha value is -2.04. The van der Waals surface area contributed by atoms with Crippen LogP contribution in [0.25, 0.3) is 0 Å².